The lowest BCUT2D eigenvalue weighted by Crippen LogP contribution is -2.08. The summed E-state index contributed by atoms with van der Waals surface area (Å²) in [6, 6.07) is 2.98. The van der Waals surface area contributed by atoms with Crippen molar-refractivity contribution in [3.63, 3.8) is 0 Å². The number of nitrogens with zero attached hydrogens (tertiary/aromatic N) is 2. The van der Waals surface area contributed by atoms with Crippen LogP contribution in [0.5, 0.6) is 11.6 Å². The summed E-state index contributed by atoms with van der Waals surface area (Å²) in [4.78, 5) is 14.0. The predicted octanol–water partition coefficient (Wildman–Crippen LogP) is 5.31. The smallest absolute Gasteiger partial charge is 0.437 e. The van der Waals surface area contributed by atoms with Gasteiger partial charge in [0.15, 0.2) is 0 Å². The van der Waals surface area contributed by atoms with Crippen LogP contribution in [0.3, 0.4) is 0 Å². The molecule has 26 heavy (non-hydrogen) atoms. The first-order valence-electron chi connectivity index (χ1n) is 6.92. The molecule has 1 heterocycles. The first-order valence-corrected chi connectivity index (χ1v) is 9.71. The van der Waals surface area contributed by atoms with Crippen LogP contribution < -0.4 is 10.0 Å². The molecule has 0 spiro atoms. The summed E-state index contributed by atoms with van der Waals surface area (Å²) < 4.78 is 55.1. The zero-order valence-electron chi connectivity index (χ0n) is 13.0. The molecule has 0 aliphatic rings. The fourth-order valence-corrected chi connectivity index (χ4v) is 3.29. The molecule has 6 nitrogen and oxygen atoms in total. The topological polar surface area (TPSA) is 82.3 Å². The lowest BCUT2D eigenvalue weighted by atomic mass is 10.1. The van der Waals surface area contributed by atoms with E-state index in [1.165, 1.54) is 6.07 Å². The summed E-state index contributed by atoms with van der Waals surface area (Å²) in [5.41, 5.74) is -1.08. The van der Waals surface area contributed by atoms with Gasteiger partial charge in [-0.1, -0.05) is 23.1 Å². The number of thiol groups is 1. The zero-order chi connectivity index (χ0) is 19.6. The molecule has 0 N–H and O–H groups in total. The Labute approximate surface area is 156 Å². The Hall–Kier alpha value is -1.90. The molecule has 1 unspecified atom stereocenters. The van der Waals surface area contributed by atoms with Crippen LogP contribution >= 0.6 is 30.9 Å². The van der Waals surface area contributed by atoms with Gasteiger partial charge in [0.25, 0.3) is 5.30 Å². The number of alkyl halides is 3. The number of pyridine rings is 1. The van der Waals surface area contributed by atoms with E-state index in [-0.39, 0.29) is 16.9 Å². The number of rotatable bonds is 5. The Morgan fingerprint density at radius 1 is 1.38 bits per heavy atom. The minimum absolute atomic E-state index is 0.0414. The SMILES string of the molecule is CCc1cc([N+](=O)[O-])c([P+](=O)S)cc1Oc1ncc(C(F)(F)F)cc1Cl. The predicted molar refractivity (Wildman–Crippen MR) is 93.0 cm³/mol. The Kier molecular flexibility index (Phi) is 6.10. The molecule has 0 bridgehead atoms. The first kappa shape index (κ1) is 20.4. The van der Waals surface area contributed by atoms with Crippen molar-refractivity contribution in [1.82, 2.24) is 4.98 Å². The lowest BCUT2D eigenvalue weighted by Gasteiger charge is -2.12. The molecule has 0 radical (unpaired) electrons. The van der Waals surface area contributed by atoms with Gasteiger partial charge in [-0.15, -0.1) is 0 Å². The van der Waals surface area contributed by atoms with Crippen molar-refractivity contribution >= 4 is 41.8 Å². The second-order valence-corrected chi connectivity index (χ2v) is 7.47. The Bertz CT molecular complexity index is 895. The third-order valence-electron chi connectivity index (χ3n) is 3.28. The number of ether oxygens (including phenoxy) is 1. The standard InChI is InChI=1S/C14H9ClF3N2O4PS/c1-2-7-3-10(20(21)22)12(25(23)26)5-11(7)24-13-9(15)4-8(6-19-13)14(16,17)18/h3-6H,2H2,1H3/p+1. The van der Waals surface area contributed by atoms with Gasteiger partial charge in [-0.2, -0.15) is 13.2 Å². The van der Waals surface area contributed by atoms with E-state index in [1.54, 1.807) is 6.92 Å². The maximum absolute atomic E-state index is 12.7. The molecule has 0 fully saturated rings. The molecule has 0 amide bonds. The molecular weight excluding hydrogens is 416 g/mol. The number of nitro groups is 1. The van der Waals surface area contributed by atoms with Gasteiger partial charge in [0.2, 0.25) is 5.88 Å². The van der Waals surface area contributed by atoms with Crippen LogP contribution in [-0.4, -0.2) is 9.91 Å². The van der Waals surface area contributed by atoms with E-state index in [2.05, 4.69) is 17.2 Å². The molecule has 1 aromatic carbocycles. The number of hydrogen-bond acceptors (Lipinski definition) is 5. The van der Waals surface area contributed by atoms with Gasteiger partial charge < -0.3 is 4.74 Å². The minimum atomic E-state index is -4.62. The third kappa shape index (κ3) is 4.44. The van der Waals surface area contributed by atoms with Gasteiger partial charge >= 0.3 is 18.9 Å². The summed E-state index contributed by atoms with van der Waals surface area (Å²) in [6.45, 7) is 1.69. The van der Waals surface area contributed by atoms with Crippen LogP contribution in [0.25, 0.3) is 0 Å². The second kappa shape index (κ2) is 7.77. The van der Waals surface area contributed by atoms with Crippen LogP contribution in [0.4, 0.5) is 18.9 Å². The summed E-state index contributed by atoms with van der Waals surface area (Å²) in [5, 5.41) is 10.5. The third-order valence-corrected chi connectivity index (χ3v) is 4.97. The summed E-state index contributed by atoms with van der Waals surface area (Å²) >= 11 is 9.53. The minimum Gasteiger partial charge on any atom is -0.437 e. The highest BCUT2D eigenvalue weighted by molar-refractivity contribution is 8.43. The van der Waals surface area contributed by atoms with Crippen molar-refractivity contribution in [3.05, 3.63) is 50.7 Å². The van der Waals surface area contributed by atoms with Gasteiger partial charge in [0.1, 0.15) is 23.0 Å². The van der Waals surface area contributed by atoms with Gasteiger partial charge in [-0.25, -0.2) is 4.98 Å². The van der Waals surface area contributed by atoms with Gasteiger partial charge in [0.05, 0.1) is 10.5 Å². The zero-order valence-corrected chi connectivity index (χ0v) is 15.5. The Morgan fingerprint density at radius 2 is 2.04 bits per heavy atom. The molecule has 0 aliphatic heterocycles. The fraction of sp³-hybridized carbons (Fsp3) is 0.214. The average Bonchev–Trinajstić information content (AvgIpc) is 2.54. The molecule has 2 rings (SSSR count). The fourth-order valence-electron chi connectivity index (χ4n) is 2.03. The first-order chi connectivity index (χ1) is 12.0. The number of halogens is 4. The molecular formula is C14H10ClF3N2O4PS+. The van der Waals surface area contributed by atoms with Crippen molar-refractivity contribution in [2.45, 2.75) is 19.5 Å². The maximum atomic E-state index is 12.7. The summed E-state index contributed by atoms with van der Waals surface area (Å²) in [6.07, 6.45) is -3.76. The Morgan fingerprint density at radius 3 is 2.50 bits per heavy atom. The molecule has 1 atom stereocenters. The lowest BCUT2D eigenvalue weighted by molar-refractivity contribution is -0.383. The number of aryl methyl sites for hydroxylation is 1. The molecule has 12 heteroatoms. The van der Waals surface area contributed by atoms with E-state index in [4.69, 9.17) is 16.3 Å². The van der Waals surface area contributed by atoms with Crippen molar-refractivity contribution in [3.8, 4) is 11.6 Å². The number of hydrogen-bond donors (Lipinski definition) is 1. The van der Waals surface area contributed by atoms with E-state index in [9.17, 15) is 27.9 Å². The van der Waals surface area contributed by atoms with Crippen LogP contribution in [0.2, 0.25) is 5.02 Å². The van der Waals surface area contributed by atoms with Crippen molar-refractivity contribution < 1.29 is 27.4 Å². The number of nitro benzene ring substituents is 1. The van der Waals surface area contributed by atoms with Crippen molar-refractivity contribution in [2.75, 3.05) is 0 Å². The summed E-state index contributed by atoms with van der Waals surface area (Å²) in [7, 11) is -2.36. The van der Waals surface area contributed by atoms with Crippen molar-refractivity contribution in [2.24, 2.45) is 0 Å². The molecule has 2 aromatic rings. The van der Waals surface area contributed by atoms with Crippen molar-refractivity contribution in [1.29, 1.82) is 0 Å². The highest BCUT2D eigenvalue weighted by Gasteiger charge is 2.33. The monoisotopic (exact) mass is 425 g/mol. The van der Waals surface area contributed by atoms with Crippen LogP contribution in [0.15, 0.2) is 24.4 Å². The molecule has 0 saturated carbocycles. The molecule has 0 aliphatic carbocycles. The van der Waals surface area contributed by atoms with Crippen LogP contribution in [0.1, 0.15) is 18.1 Å². The largest absolute Gasteiger partial charge is 0.453 e. The van der Waals surface area contributed by atoms with Gasteiger partial charge in [0, 0.05) is 23.9 Å². The molecule has 138 valence electrons. The van der Waals surface area contributed by atoms with E-state index in [1.807, 2.05) is 0 Å². The summed E-state index contributed by atoms with van der Waals surface area (Å²) in [5.74, 6) is -0.275. The normalized spacial score (nSPS) is 12.0. The van der Waals surface area contributed by atoms with E-state index >= 15 is 0 Å². The quantitative estimate of drug-likeness (QED) is 0.303. The second-order valence-electron chi connectivity index (χ2n) is 4.94. The number of aromatic nitrogens is 1. The Balaban J connectivity index is 2.51. The van der Waals surface area contributed by atoms with Gasteiger partial charge in [-0.3, -0.25) is 10.1 Å². The number of benzene rings is 1. The van der Waals surface area contributed by atoms with Crippen LogP contribution in [0, 0.1) is 10.1 Å². The van der Waals surface area contributed by atoms with Gasteiger partial charge in [-0.05, 0) is 12.5 Å². The van der Waals surface area contributed by atoms with E-state index in [0.29, 0.717) is 24.2 Å². The highest BCUT2D eigenvalue weighted by atomic mass is 35.5. The maximum Gasteiger partial charge on any atom is 0.453 e. The molecule has 0 saturated heterocycles. The van der Waals surface area contributed by atoms with Crippen LogP contribution in [-0.2, 0) is 17.2 Å². The van der Waals surface area contributed by atoms with E-state index in [0.717, 1.165) is 6.07 Å². The van der Waals surface area contributed by atoms with E-state index < -0.39 is 34.4 Å². The highest BCUT2D eigenvalue weighted by Crippen LogP contribution is 2.38. The average molecular weight is 426 g/mol. The molecule has 1 aromatic heterocycles.